The summed E-state index contributed by atoms with van der Waals surface area (Å²) in [6, 6.07) is 8.51. The van der Waals surface area contributed by atoms with Crippen molar-refractivity contribution >= 4 is 24.0 Å². The van der Waals surface area contributed by atoms with Crippen molar-refractivity contribution < 1.29 is 73.5 Å². The van der Waals surface area contributed by atoms with Crippen molar-refractivity contribution in [3.05, 3.63) is 58.9 Å². The van der Waals surface area contributed by atoms with Crippen molar-refractivity contribution in [3.8, 4) is 5.75 Å². The minimum absolute atomic E-state index is 0. The number of benzene rings is 2. The van der Waals surface area contributed by atoms with Gasteiger partial charge in [-0.2, -0.15) is 0 Å². The fourth-order valence-corrected chi connectivity index (χ4v) is 1.86. The predicted molar refractivity (Wildman–Crippen MR) is 70.9 cm³/mol. The SMILES string of the molecule is Fc1ccc(Cl)c(COc2ccccc2[B-](F)(F)F)c1.[K+]. The Morgan fingerprint density at radius 3 is 2.38 bits per heavy atom. The van der Waals surface area contributed by atoms with Crippen molar-refractivity contribution in [3.63, 3.8) is 0 Å². The Bertz CT molecular complexity index is 621. The van der Waals surface area contributed by atoms with E-state index in [4.69, 9.17) is 16.3 Å². The summed E-state index contributed by atoms with van der Waals surface area (Å²) in [5.74, 6) is -0.818. The molecule has 106 valence electrons. The number of para-hydroxylation sites is 1. The molecule has 0 atom stereocenters. The molecular weight excluding hydrogens is 333 g/mol. The van der Waals surface area contributed by atoms with Crippen LogP contribution in [0.4, 0.5) is 17.3 Å². The molecule has 0 bridgehead atoms. The standard InChI is InChI=1S/C13H9BClF4O.K/c15-12-6-5-10(16)7-9(12)8-20-13-4-2-1-3-11(13)14(17,18)19;/h1-7H,8H2;/q-1;+1. The summed E-state index contributed by atoms with van der Waals surface area (Å²) in [5, 5.41) is 0.237. The first-order chi connectivity index (χ1) is 9.38. The zero-order valence-electron chi connectivity index (χ0n) is 11.1. The first-order valence-corrected chi connectivity index (χ1v) is 6.11. The van der Waals surface area contributed by atoms with E-state index in [9.17, 15) is 17.3 Å². The molecule has 0 fully saturated rings. The minimum atomic E-state index is -5.17. The summed E-state index contributed by atoms with van der Waals surface area (Å²) in [6.07, 6.45) is 0. The largest absolute Gasteiger partial charge is 1.00 e. The van der Waals surface area contributed by atoms with Gasteiger partial charge in [-0.05, 0) is 24.3 Å². The van der Waals surface area contributed by atoms with Crippen molar-refractivity contribution in [2.45, 2.75) is 6.61 Å². The van der Waals surface area contributed by atoms with E-state index < -0.39 is 18.3 Å². The molecule has 0 spiro atoms. The maximum absolute atomic E-state index is 13.1. The van der Waals surface area contributed by atoms with E-state index in [2.05, 4.69) is 0 Å². The number of ether oxygens (including phenoxy) is 1. The van der Waals surface area contributed by atoms with Gasteiger partial charge in [-0.3, -0.25) is 0 Å². The van der Waals surface area contributed by atoms with Crippen molar-refractivity contribution in [1.82, 2.24) is 0 Å². The van der Waals surface area contributed by atoms with Crippen LogP contribution in [0.1, 0.15) is 5.56 Å². The second kappa shape index (κ2) is 7.99. The van der Waals surface area contributed by atoms with Crippen molar-refractivity contribution in [1.29, 1.82) is 0 Å². The van der Waals surface area contributed by atoms with Gasteiger partial charge in [0.2, 0.25) is 0 Å². The third-order valence-corrected chi connectivity index (χ3v) is 3.03. The Kier molecular flexibility index (Phi) is 7.23. The van der Waals surface area contributed by atoms with Crippen LogP contribution < -0.4 is 61.6 Å². The van der Waals surface area contributed by atoms with E-state index in [1.807, 2.05) is 0 Å². The summed E-state index contributed by atoms with van der Waals surface area (Å²) < 4.78 is 56.6. The van der Waals surface area contributed by atoms with E-state index in [1.165, 1.54) is 30.3 Å². The van der Waals surface area contributed by atoms with E-state index >= 15 is 0 Å². The third kappa shape index (κ3) is 5.26. The molecule has 0 N–H and O–H groups in total. The normalized spacial score (nSPS) is 10.9. The molecule has 0 unspecified atom stereocenters. The van der Waals surface area contributed by atoms with Gasteiger partial charge in [0.25, 0.3) is 0 Å². The molecule has 2 aromatic rings. The average molecular weight is 343 g/mol. The van der Waals surface area contributed by atoms with Crippen LogP contribution in [0.3, 0.4) is 0 Å². The zero-order valence-corrected chi connectivity index (χ0v) is 15.0. The number of halogens is 5. The zero-order chi connectivity index (χ0) is 14.8. The fourth-order valence-electron chi connectivity index (χ4n) is 1.69. The van der Waals surface area contributed by atoms with Crippen LogP contribution in [0.5, 0.6) is 5.75 Å². The van der Waals surface area contributed by atoms with Gasteiger partial charge in [-0.15, -0.1) is 0 Å². The first kappa shape index (κ1) is 19.0. The van der Waals surface area contributed by atoms with Crippen molar-refractivity contribution in [2.75, 3.05) is 0 Å². The Hall–Kier alpha value is -0.0487. The molecule has 21 heavy (non-hydrogen) atoms. The second-order valence-corrected chi connectivity index (χ2v) is 4.54. The molecule has 2 aromatic carbocycles. The molecule has 0 radical (unpaired) electrons. The van der Waals surface area contributed by atoms with Gasteiger partial charge in [0.1, 0.15) is 12.4 Å². The molecule has 0 saturated heterocycles. The number of rotatable bonds is 4. The number of hydrogen-bond acceptors (Lipinski definition) is 1. The maximum Gasteiger partial charge on any atom is 1.00 e. The van der Waals surface area contributed by atoms with Gasteiger partial charge >= 0.3 is 58.4 Å². The Labute approximate surface area is 167 Å². The van der Waals surface area contributed by atoms with Crippen LogP contribution in [0.2, 0.25) is 5.02 Å². The Morgan fingerprint density at radius 2 is 1.71 bits per heavy atom. The summed E-state index contributed by atoms with van der Waals surface area (Å²) >= 11 is 5.83. The second-order valence-electron chi connectivity index (χ2n) is 4.14. The maximum atomic E-state index is 13.1. The Balaban J connectivity index is 0.00000220. The van der Waals surface area contributed by atoms with Gasteiger partial charge in [-0.25, -0.2) is 4.39 Å². The number of hydrogen-bond donors (Lipinski definition) is 0. The molecule has 2 rings (SSSR count). The van der Waals surface area contributed by atoms with Gasteiger partial charge in [0, 0.05) is 10.6 Å². The van der Waals surface area contributed by atoms with Gasteiger partial charge < -0.3 is 17.7 Å². The van der Waals surface area contributed by atoms with E-state index in [0.29, 0.717) is 0 Å². The molecule has 0 aliphatic rings. The monoisotopic (exact) mass is 342 g/mol. The van der Waals surface area contributed by atoms with Gasteiger partial charge in [0.15, 0.2) is 0 Å². The van der Waals surface area contributed by atoms with Crippen LogP contribution in [0, 0.1) is 5.82 Å². The first-order valence-electron chi connectivity index (χ1n) is 5.73. The molecule has 8 heteroatoms. The van der Waals surface area contributed by atoms with E-state index in [0.717, 1.165) is 12.1 Å². The average Bonchev–Trinajstić information content (AvgIpc) is 2.39. The van der Waals surface area contributed by atoms with E-state index in [1.54, 1.807) is 0 Å². The molecule has 0 heterocycles. The van der Waals surface area contributed by atoms with Crippen molar-refractivity contribution in [2.24, 2.45) is 0 Å². The van der Waals surface area contributed by atoms with Gasteiger partial charge in [0.05, 0.1) is 5.75 Å². The summed E-state index contributed by atoms with van der Waals surface area (Å²) in [4.78, 5) is 0. The quantitative estimate of drug-likeness (QED) is 0.598. The molecule has 0 aliphatic carbocycles. The topological polar surface area (TPSA) is 9.23 Å². The molecular formula is C13H9BClF4KO. The summed E-state index contributed by atoms with van der Waals surface area (Å²) in [5.41, 5.74) is -0.531. The molecule has 0 aliphatic heterocycles. The van der Waals surface area contributed by atoms with Crippen LogP contribution >= 0.6 is 11.6 Å². The fraction of sp³-hybridized carbons (Fsp3) is 0.0769. The molecule has 0 aromatic heterocycles. The van der Waals surface area contributed by atoms with Crippen LogP contribution in [-0.2, 0) is 6.61 Å². The summed E-state index contributed by atoms with van der Waals surface area (Å²) in [6.45, 7) is -5.41. The summed E-state index contributed by atoms with van der Waals surface area (Å²) in [7, 11) is 0. The molecule has 1 nitrogen and oxygen atoms in total. The van der Waals surface area contributed by atoms with Crippen LogP contribution in [0.15, 0.2) is 42.5 Å². The minimum Gasteiger partial charge on any atom is -0.492 e. The third-order valence-electron chi connectivity index (χ3n) is 2.66. The Morgan fingerprint density at radius 1 is 1.05 bits per heavy atom. The predicted octanol–water partition coefficient (Wildman–Crippen LogP) is 1.12. The van der Waals surface area contributed by atoms with Gasteiger partial charge in [-0.1, -0.05) is 35.3 Å². The molecule has 0 saturated carbocycles. The smallest absolute Gasteiger partial charge is 0.492 e. The van der Waals surface area contributed by atoms with E-state index in [-0.39, 0.29) is 74.3 Å². The molecule has 0 amide bonds. The van der Waals surface area contributed by atoms with Crippen LogP contribution in [0.25, 0.3) is 0 Å². The van der Waals surface area contributed by atoms with Crippen LogP contribution in [-0.4, -0.2) is 6.98 Å².